The van der Waals surface area contributed by atoms with E-state index in [0.29, 0.717) is 0 Å². The summed E-state index contributed by atoms with van der Waals surface area (Å²) in [5.41, 5.74) is 1.20. The first-order valence-corrected chi connectivity index (χ1v) is 8.49. The number of nitrogens with one attached hydrogen (secondary N) is 2. The third-order valence-corrected chi connectivity index (χ3v) is 3.88. The molecule has 23 heavy (non-hydrogen) atoms. The van der Waals surface area contributed by atoms with Crippen molar-refractivity contribution in [3.05, 3.63) is 23.9 Å². The fraction of sp³-hybridized carbons (Fsp3) is 0.647. The molecular formula is C17H29N5O. The topological polar surface area (TPSA) is 61.8 Å². The van der Waals surface area contributed by atoms with Crippen LogP contribution in [0.5, 0.6) is 0 Å². The number of nitrogens with zero attached hydrogens (tertiary/aromatic N) is 3. The molecule has 6 nitrogen and oxygen atoms in total. The highest BCUT2D eigenvalue weighted by Gasteiger charge is 2.17. The molecule has 1 aliphatic rings. The van der Waals surface area contributed by atoms with Gasteiger partial charge in [0.15, 0.2) is 5.96 Å². The lowest BCUT2D eigenvalue weighted by atomic mass is 10.2. The molecule has 1 aliphatic heterocycles. The summed E-state index contributed by atoms with van der Waals surface area (Å²) < 4.78 is 5.59. The summed E-state index contributed by atoms with van der Waals surface area (Å²) in [5.74, 6) is 1.87. The van der Waals surface area contributed by atoms with Gasteiger partial charge >= 0.3 is 0 Å². The Hall–Kier alpha value is -1.82. The molecule has 0 aliphatic carbocycles. The first-order chi connectivity index (χ1) is 11.2. The smallest absolute Gasteiger partial charge is 0.191 e. The fourth-order valence-corrected chi connectivity index (χ4v) is 2.56. The average molecular weight is 319 g/mol. The minimum atomic E-state index is 0.258. The van der Waals surface area contributed by atoms with Crippen molar-refractivity contribution in [1.29, 1.82) is 0 Å². The van der Waals surface area contributed by atoms with E-state index in [9.17, 15) is 0 Å². The number of rotatable bonds is 6. The van der Waals surface area contributed by atoms with Crippen molar-refractivity contribution in [2.45, 2.75) is 39.3 Å². The first kappa shape index (κ1) is 17.5. The number of aliphatic imine (C=N–C) groups is 1. The van der Waals surface area contributed by atoms with E-state index in [0.717, 1.165) is 51.0 Å². The van der Waals surface area contributed by atoms with E-state index in [2.05, 4.69) is 45.4 Å². The molecule has 1 fully saturated rings. The molecule has 1 atom stereocenters. The Morgan fingerprint density at radius 1 is 1.48 bits per heavy atom. The minimum Gasteiger partial charge on any atom is -0.375 e. The summed E-state index contributed by atoms with van der Waals surface area (Å²) in [4.78, 5) is 11.0. The first-order valence-electron chi connectivity index (χ1n) is 8.49. The van der Waals surface area contributed by atoms with E-state index in [1.165, 1.54) is 12.0 Å². The van der Waals surface area contributed by atoms with Gasteiger partial charge in [-0.2, -0.15) is 0 Å². The Bertz CT molecular complexity index is 506. The Balaban J connectivity index is 1.89. The van der Waals surface area contributed by atoms with Crippen LogP contribution in [0.15, 0.2) is 23.3 Å². The lowest BCUT2D eigenvalue weighted by Gasteiger charge is -2.32. The molecule has 0 bridgehead atoms. The molecule has 1 aromatic heterocycles. The molecule has 1 aromatic rings. The van der Waals surface area contributed by atoms with E-state index in [4.69, 9.17) is 4.74 Å². The highest BCUT2D eigenvalue weighted by Crippen LogP contribution is 2.16. The van der Waals surface area contributed by atoms with Gasteiger partial charge in [-0.3, -0.25) is 4.99 Å². The van der Waals surface area contributed by atoms with Gasteiger partial charge in [-0.05, 0) is 31.0 Å². The number of pyridine rings is 1. The molecule has 0 saturated carbocycles. The number of morpholine rings is 1. The Kier molecular flexibility index (Phi) is 7.13. The zero-order valence-electron chi connectivity index (χ0n) is 14.5. The van der Waals surface area contributed by atoms with Crippen molar-refractivity contribution in [2.24, 2.45) is 4.99 Å². The predicted octanol–water partition coefficient (Wildman–Crippen LogP) is 1.77. The van der Waals surface area contributed by atoms with Gasteiger partial charge in [-0.1, -0.05) is 13.3 Å². The molecule has 0 amide bonds. The van der Waals surface area contributed by atoms with Crippen LogP contribution in [-0.2, 0) is 11.3 Å². The van der Waals surface area contributed by atoms with Crippen molar-refractivity contribution in [2.75, 3.05) is 38.2 Å². The predicted molar refractivity (Wildman–Crippen MR) is 95.0 cm³/mol. The zero-order valence-corrected chi connectivity index (χ0v) is 14.5. The second kappa shape index (κ2) is 9.35. The SMILES string of the molecule is CCCCNC(=NC)NCc1ccnc(N2CCOC(C)C2)c1. The fourth-order valence-electron chi connectivity index (χ4n) is 2.56. The molecule has 2 heterocycles. The van der Waals surface area contributed by atoms with E-state index in [-0.39, 0.29) is 6.10 Å². The summed E-state index contributed by atoms with van der Waals surface area (Å²) >= 11 is 0. The van der Waals surface area contributed by atoms with Gasteiger partial charge in [-0.25, -0.2) is 4.98 Å². The third kappa shape index (κ3) is 5.71. The number of hydrogen-bond donors (Lipinski definition) is 2. The maximum absolute atomic E-state index is 5.59. The van der Waals surface area contributed by atoms with Gasteiger partial charge in [0.05, 0.1) is 12.7 Å². The van der Waals surface area contributed by atoms with Crippen LogP contribution in [0.2, 0.25) is 0 Å². The Labute approximate surface area is 139 Å². The average Bonchev–Trinajstić information content (AvgIpc) is 2.58. The van der Waals surface area contributed by atoms with Gasteiger partial charge in [0.2, 0.25) is 0 Å². The van der Waals surface area contributed by atoms with E-state index >= 15 is 0 Å². The van der Waals surface area contributed by atoms with Crippen LogP contribution in [0.25, 0.3) is 0 Å². The summed E-state index contributed by atoms with van der Waals surface area (Å²) in [6.07, 6.45) is 4.46. The van der Waals surface area contributed by atoms with Crippen LogP contribution in [0.4, 0.5) is 5.82 Å². The number of ether oxygens (including phenoxy) is 1. The largest absolute Gasteiger partial charge is 0.375 e. The van der Waals surface area contributed by atoms with Gasteiger partial charge in [0.25, 0.3) is 0 Å². The second-order valence-electron chi connectivity index (χ2n) is 5.86. The summed E-state index contributed by atoms with van der Waals surface area (Å²) in [7, 11) is 1.80. The molecule has 1 unspecified atom stereocenters. The summed E-state index contributed by atoms with van der Waals surface area (Å²) in [6, 6.07) is 4.18. The molecule has 2 rings (SSSR count). The zero-order chi connectivity index (χ0) is 16.5. The molecule has 128 valence electrons. The van der Waals surface area contributed by atoms with Crippen molar-refractivity contribution < 1.29 is 4.74 Å². The molecule has 0 spiro atoms. The summed E-state index contributed by atoms with van der Waals surface area (Å²) in [5, 5.41) is 6.67. The van der Waals surface area contributed by atoms with Crippen LogP contribution >= 0.6 is 0 Å². The van der Waals surface area contributed by atoms with Crippen LogP contribution in [0, 0.1) is 0 Å². The normalized spacial score (nSPS) is 18.8. The number of unbranched alkanes of at least 4 members (excludes halogenated alkanes) is 1. The Morgan fingerprint density at radius 3 is 3.09 bits per heavy atom. The number of guanidine groups is 1. The minimum absolute atomic E-state index is 0.258. The number of anilines is 1. The maximum Gasteiger partial charge on any atom is 0.191 e. The van der Waals surface area contributed by atoms with Crippen molar-refractivity contribution >= 4 is 11.8 Å². The second-order valence-corrected chi connectivity index (χ2v) is 5.86. The highest BCUT2D eigenvalue weighted by molar-refractivity contribution is 5.79. The lowest BCUT2D eigenvalue weighted by molar-refractivity contribution is 0.0529. The number of aromatic nitrogens is 1. The van der Waals surface area contributed by atoms with Gasteiger partial charge in [-0.15, -0.1) is 0 Å². The van der Waals surface area contributed by atoms with Crippen LogP contribution in [0.1, 0.15) is 32.3 Å². The molecular weight excluding hydrogens is 290 g/mol. The quantitative estimate of drug-likeness (QED) is 0.475. The van der Waals surface area contributed by atoms with Crippen LogP contribution in [0.3, 0.4) is 0 Å². The molecule has 1 saturated heterocycles. The van der Waals surface area contributed by atoms with Crippen molar-refractivity contribution in [1.82, 2.24) is 15.6 Å². The molecule has 0 radical (unpaired) electrons. The standard InChI is InChI=1S/C17H29N5O/c1-4-5-7-20-17(18-3)21-12-15-6-8-19-16(11-15)22-9-10-23-14(2)13-22/h6,8,11,14H,4-5,7,9-10,12-13H2,1-3H3,(H2,18,20,21). The maximum atomic E-state index is 5.59. The van der Waals surface area contributed by atoms with Crippen molar-refractivity contribution in [3.63, 3.8) is 0 Å². The molecule has 2 N–H and O–H groups in total. The monoisotopic (exact) mass is 319 g/mol. The summed E-state index contributed by atoms with van der Waals surface area (Å²) in [6.45, 7) is 8.52. The lowest BCUT2D eigenvalue weighted by Crippen LogP contribution is -2.41. The number of hydrogen-bond acceptors (Lipinski definition) is 4. The van der Waals surface area contributed by atoms with Crippen LogP contribution in [-0.4, -0.2) is 50.3 Å². The molecule has 0 aromatic carbocycles. The van der Waals surface area contributed by atoms with E-state index in [1.807, 2.05) is 12.3 Å². The van der Waals surface area contributed by atoms with E-state index in [1.54, 1.807) is 7.05 Å². The third-order valence-electron chi connectivity index (χ3n) is 3.88. The van der Waals surface area contributed by atoms with Gasteiger partial charge in [0, 0.05) is 39.4 Å². The van der Waals surface area contributed by atoms with Crippen LogP contribution < -0.4 is 15.5 Å². The highest BCUT2D eigenvalue weighted by atomic mass is 16.5. The van der Waals surface area contributed by atoms with E-state index < -0.39 is 0 Å². The van der Waals surface area contributed by atoms with Gasteiger partial charge < -0.3 is 20.3 Å². The van der Waals surface area contributed by atoms with Gasteiger partial charge in [0.1, 0.15) is 5.82 Å². The van der Waals surface area contributed by atoms with Crippen molar-refractivity contribution in [3.8, 4) is 0 Å². The molecule has 6 heteroatoms. The Morgan fingerprint density at radius 2 is 2.35 bits per heavy atom.